The zero-order valence-corrected chi connectivity index (χ0v) is 14.1. The molecule has 1 atom stereocenters. The number of carbonyl (C=O) groups excluding carboxylic acids is 2. The van der Waals surface area contributed by atoms with E-state index in [1.54, 1.807) is 24.3 Å². The number of rotatable bonds is 6. The first-order valence-corrected chi connectivity index (χ1v) is 7.85. The molecular formula is C20H19N3O2. The number of nitrogens with zero attached hydrogens (tertiary/aromatic N) is 1. The maximum absolute atomic E-state index is 12.2. The van der Waals surface area contributed by atoms with E-state index >= 15 is 0 Å². The average molecular weight is 333 g/mol. The first-order valence-electron chi connectivity index (χ1n) is 7.85. The first-order chi connectivity index (χ1) is 12.0. The van der Waals surface area contributed by atoms with Gasteiger partial charge in [0.2, 0.25) is 0 Å². The molecular weight excluding hydrogens is 314 g/mol. The van der Waals surface area contributed by atoms with Crippen LogP contribution >= 0.6 is 0 Å². The van der Waals surface area contributed by atoms with Crippen LogP contribution in [0.25, 0.3) is 0 Å². The number of hydrogen-bond acceptors (Lipinski definition) is 4. The highest BCUT2D eigenvalue weighted by Gasteiger charge is 2.11. The Balaban J connectivity index is 2.02. The molecule has 0 aliphatic carbocycles. The van der Waals surface area contributed by atoms with Crippen molar-refractivity contribution in [3.8, 4) is 6.07 Å². The van der Waals surface area contributed by atoms with Gasteiger partial charge in [-0.05, 0) is 43.7 Å². The fourth-order valence-corrected chi connectivity index (χ4v) is 2.18. The summed E-state index contributed by atoms with van der Waals surface area (Å²) < 4.78 is 0. The summed E-state index contributed by atoms with van der Waals surface area (Å²) >= 11 is 0. The molecule has 2 N–H and O–H groups in total. The van der Waals surface area contributed by atoms with Crippen molar-refractivity contribution in [2.24, 2.45) is 0 Å². The van der Waals surface area contributed by atoms with Gasteiger partial charge >= 0.3 is 0 Å². The molecule has 0 aliphatic rings. The molecule has 2 rings (SSSR count). The van der Waals surface area contributed by atoms with Crippen molar-refractivity contribution in [2.75, 3.05) is 5.32 Å². The van der Waals surface area contributed by atoms with Crippen LogP contribution in [0, 0.1) is 11.3 Å². The second kappa shape index (κ2) is 8.46. The van der Waals surface area contributed by atoms with Crippen LogP contribution in [0.3, 0.4) is 0 Å². The maximum atomic E-state index is 12.2. The lowest BCUT2D eigenvalue weighted by Crippen LogP contribution is -2.18. The molecule has 0 heterocycles. The van der Waals surface area contributed by atoms with E-state index in [0.29, 0.717) is 11.3 Å². The second-order valence-electron chi connectivity index (χ2n) is 5.56. The fourth-order valence-electron chi connectivity index (χ4n) is 2.18. The molecule has 0 saturated carbocycles. The number of hydrogen-bond donors (Lipinski definition) is 2. The van der Waals surface area contributed by atoms with E-state index in [2.05, 4.69) is 10.6 Å². The Morgan fingerprint density at radius 2 is 1.72 bits per heavy atom. The average Bonchev–Trinajstić information content (AvgIpc) is 2.63. The third kappa shape index (κ3) is 5.05. The van der Waals surface area contributed by atoms with Gasteiger partial charge in [0, 0.05) is 23.5 Å². The summed E-state index contributed by atoms with van der Waals surface area (Å²) in [4.78, 5) is 23.5. The Morgan fingerprint density at radius 1 is 1.08 bits per heavy atom. The highest BCUT2D eigenvalue weighted by molar-refractivity contribution is 6.06. The monoisotopic (exact) mass is 333 g/mol. The molecule has 0 aliphatic heterocycles. The Bertz CT molecular complexity index is 818. The molecule has 0 spiro atoms. The molecule has 1 amide bonds. The zero-order valence-electron chi connectivity index (χ0n) is 14.1. The fraction of sp³-hybridized carbons (Fsp3) is 0.150. The van der Waals surface area contributed by atoms with Crippen molar-refractivity contribution < 1.29 is 9.59 Å². The summed E-state index contributed by atoms with van der Waals surface area (Å²) in [6.07, 6.45) is 1.41. The van der Waals surface area contributed by atoms with Crippen LogP contribution in [0.2, 0.25) is 0 Å². The van der Waals surface area contributed by atoms with Gasteiger partial charge in [-0.15, -0.1) is 0 Å². The smallest absolute Gasteiger partial charge is 0.267 e. The van der Waals surface area contributed by atoms with E-state index in [0.717, 1.165) is 5.56 Å². The van der Waals surface area contributed by atoms with E-state index in [9.17, 15) is 14.9 Å². The minimum absolute atomic E-state index is 0.0292. The number of nitrogens with one attached hydrogen (secondary N) is 2. The van der Waals surface area contributed by atoms with Crippen LogP contribution in [0.15, 0.2) is 66.4 Å². The number of Topliss-reactive ketones (excluding diaryl/α,β-unsaturated/α-hetero) is 1. The van der Waals surface area contributed by atoms with Crippen LogP contribution in [0.4, 0.5) is 5.69 Å². The van der Waals surface area contributed by atoms with Crippen LogP contribution in [-0.4, -0.2) is 11.7 Å². The van der Waals surface area contributed by atoms with Crippen molar-refractivity contribution in [2.45, 2.75) is 19.9 Å². The topological polar surface area (TPSA) is 82.0 Å². The van der Waals surface area contributed by atoms with Crippen molar-refractivity contribution in [1.29, 1.82) is 5.26 Å². The van der Waals surface area contributed by atoms with Crippen molar-refractivity contribution >= 4 is 17.4 Å². The molecule has 2 aromatic carbocycles. The number of benzene rings is 2. The predicted octanol–water partition coefficient (Wildman–Crippen LogP) is 3.59. The predicted molar refractivity (Wildman–Crippen MR) is 96.8 cm³/mol. The molecule has 25 heavy (non-hydrogen) atoms. The summed E-state index contributed by atoms with van der Waals surface area (Å²) in [5.41, 5.74) is 2.11. The third-order valence-corrected chi connectivity index (χ3v) is 3.69. The first kappa shape index (κ1) is 18.0. The Kier molecular flexibility index (Phi) is 6.08. The minimum atomic E-state index is -0.508. The molecule has 0 bridgehead atoms. The van der Waals surface area contributed by atoms with Gasteiger partial charge in [-0.25, -0.2) is 0 Å². The third-order valence-electron chi connectivity index (χ3n) is 3.69. The van der Waals surface area contributed by atoms with Crippen molar-refractivity contribution in [3.05, 3.63) is 77.5 Å². The van der Waals surface area contributed by atoms with E-state index in [4.69, 9.17) is 0 Å². The van der Waals surface area contributed by atoms with Gasteiger partial charge in [-0.1, -0.05) is 30.3 Å². The second-order valence-corrected chi connectivity index (χ2v) is 5.56. The Morgan fingerprint density at radius 3 is 2.28 bits per heavy atom. The lowest BCUT2D eigenvalue weighted by molar-refractivity contribution is -0.112. The van der Waals surface area contributed by atoms with Crippen LogP contribution in [0.1, 0.15) is 35.8 Å². The van der Waals surface area contributed by atoms with Gasteiger partial charge < -0.3 is 10.6 Å². The van der Waals surface area contributed by atoms with Gasteiger partial charge in [0.15, 0.2) is 5.78 Å². The van der Waals surface area contributed by atoms with Crippen molar-refractivity contribution in [3.63, 3.8) is 0 Å². The quantitative estimate of drug-likeness (QED) is 0.481. The Labute approximate surface area is 147 Å². The highest BCUT2D eigenvalue weighted by atomic mass is 16.1. The Hall–Kier alpha value is -3.39. The number of ketones is 1. The largest absolute Gasteiger partial charge is 0.383 e. The molecule has 0 radical (unpaired) electrons. The van der Waals surface area contributed by atoms with Crippen LogP contribution in [0.5, 0.6) is 0 Å². The van der Waals surface area contributed by atoms with Crippen molar-refractivity contribution in [1.82, 2.24) is 5.32 Å². The van der Waals surface area contributed by atoms with Gasteiger partial charge in [0.25, 0.3) is 5.91 Å². The summed E-state index contributed by atoms with van der Waals surface area (Å²) in [5, 5.41) is 14.9. The molecule has 5 nitrogen and oxygen atoms in total. The van der Waals surface area contributed by atoms with Crippen LogP contribution in [-0.2, 0) is 4.79 Å². The summed E-state index contributed by atoms with van der Waals surface area (Å²) in [6, 6.07) is 18.1. The molecule has 1 unspecified atom stereocenters. The molecule has 0 aromatic heterocycles. The molecule has 126 valence electrons. The number of nitriles is 1. The highest BCUT2D eigenvalue weighted by Crippen LogP contribution is 2.13. The summed E-state index contributed by atoms with van der Waals surface area (Å²) in [7, 11) is 0. The maximum Gasteiger partial charge on any atom is 0.267 e. The number of anilines is 1. The van der Waals surface area contributed by atoms with E-state index in [-0.39, 0.29) is 17.4 Å². The SMILES string of the molecule is CC(=O)c1ccc(NC(=O)/C(C#N)=C\NC(C)c2ccccc2)cc1. The van der Waals surface area contributed by atoms with E-state index in [1.807, 2.05) is 43.3 Å². The minimum Gasteiger partial charge on any atom is -0.383 e. The van der Waals surface area contributed by atoms with Gasteiger partial charge in [-0.3, -0.25) is 9.59 Å². The zero-order chi connectivity index (χ0) is 18.2. The van der Waals surface area contributed by atoms with E-state index in [1.165, 1.54) is 13.1 Å². The van der Waals surface area contributed by atoms with Gasteiger partial charge in [-0.2, -0.15) is 5.26 Å². The normalized spacial score (nSPS) is 12.0. The molecule has 5 heteroatoms. The lowest BCUT2D eigenvalue weighted by atomic mass is 10.1. The molecule has 0 saturated heterocycles. The lowest BCUT2D eigenvalue weighted by Gasteiger charge is -2.12. The van der Waals surface area contributed by atoms with Gasteiger partial charge in [0.1, 0.15) is 11.6 Å². The van der Waals surface area contributed by atoms with Crippen LogP contribution < -0.4 is 10.6 Å². The number of carbonyl (C=O) groups is 2. The summed E-state index contributed by atoms with van der Waals surface area (Å²) in [6.45, 7) is 3.42. The molecule has 2 aromatic rings. The number of amides is 1. The van der Waals surface area contributed by atoms with E-state index < -0.39 is 5.91 Å². The summed E-state index contributed by atoms with van der Waals surface area (Å²) in [5.74, 6) is -0.555. The standard InChI is InChI=1S/C20H19N3O2/c1-14(16-6-4-3-5-7-16)22-13-18(12-21)20(25)23-19-10-8-17(9-11-19)15(2)24/h3-11,13-14,22H,1-2H3,(H,23,25)/b18-13-. The molecule has 0 fully saturated rings. The van der Waals surface area contributed by atoms with Gasteiger partial charge in [0.05, 0.1) is 0 Å².